The van der Waals surface area contributed by atoms with E-state index in [1.54, 1.807) is 41.9 Å². The van der Waals surface area contributed by atoms with Crippen LogP contribution in [0.5, 0.6) is 0 Å². The molecule has 0 saturated carbocycles. The van der Waals surface area contributed by atoms with E-state index in [0.29, 0.717) is 11.1 Å². The quantitative estimate of drug-likeness (QED) is 0.587. The topological polar surface area (TPSA) is 78.4 Å². The highest BCUT2D eigenvalue weighted by atomic mass is 16.5. The second kappa shape index (κ2) is 7.56. The van der Waals surface area contributed by atoms with Gasteiger partial charge < -0.3 is 5.32 Å². The van der Waals surface area contributed by atoms with Crippen molar-refractivity contribution in [3.8, 4) is 0 Å². The van der Waals surface area contributed by atoms with E-state index in [9.17, 15) is 9.59 Å². The predicted octanol–water partition coefficient (Wildman–Crippen LogP) is 2.93. The Balaban J connectivity index is 2.18. The summed E-state index contributed by atoms with van der Waals surface area (Å²) in [4.78, 5) is 23.7. The number of benzene rings is 2. The summed E-state index contributed by atoms with van der Waals surface area (Å²) in [6, 6.07) is 15.7. The Hall–Kier alpha value is -2.66. The maximum Gasteiger partial charge on any atom is 0.274 e. The van der Waals surface area contributed by atoms with Crippen LogP contribution in [0, 0.1) is 5.92 Å². The van der Waals surface area contributed by atoms with Gasteiger partial charge in [0.05, 0.1) is 6.04 Å². The van der Waals surface area contributed by atoms with Gasteiger partial charge in [-0.2, -0.15) is 0 Å². The minimum absolute atomic E-state index is 0.138. The smallest absolute Gasteiger partial charge is 0.274 e. The number of nitrogens with one attached hydrogen (secondary N) is 2. The molecule has 0 aliphatic carbocycles. The lowest BCUT2D eigenvalue weighted by Gasteiger charge is -2.23. The van der Waals surface area contributed by atoms with Gasteiger partial charge in [-0.25, -0.2) is 5.48 Å². The van der Waals surface area contributed by atoms with Gasteiger partial charge in [-0.15, -0.1) is 0 Å². The normalized spacial score (nSPS) is 11.8. The molecule has 1 atom stereocenters. The Labute approximate surface area is 135 Å². The molecule has 120 valence electrons. The van der Waals surface area contributed by atoms with Crippen molar-refractivity contribution in [2.24, 2.45) is 5.92 Å². The first-order valence-corrected chi connectivity index (χ1v) is 7.43. The van der Waals surface area contributed by atoms with Crippen molar-refractivity contribution in [3.05, 3.63) is 71.3 Å². The van der Waals surface area contributed by atoms with Gasteiger partial charge >= 0.3 is 0 Å². The van der Waals surface area contributed by atoms with Gasteiger partial charge in [0, 0.05) is 11.1 Å². The summed E-state index contributed by atoms with van der Waals surface area (Å²) < 4.78 is 0. The van der Waals surface area contributed by atoms with Crippen molar-refractivity contribution in [1.82, 2.24) is 10.8 Å². The number of carbonyl (C=O) groups excluding carboxylic acids is 2. The van der Waals surface area contributed by atoms with Crippen LogP contribution in [0.1, 0.15) is 46.2 Å². The first-order valence-electron chi connectivity index (χ1n) is 7.43. The summed E-state index contributed by atoms with van der Waals surface area (Å²) in [5, 5.41) is 11.7. The zero-order valence-electron chi connectivity index (χ0n) is 13.1. The maximum absolute atomic E-state index is 12.3. The zero-order chi connectivity index (χ0) is 16.8. The molecule has 1 unspecified atom stereocenters. The third-order valence-corrected chi connectivity index (χ3v) is 3.62. The average Bonchev–Trinajstić information content (AvgIpc) is 2.59. The number of hydrogen-bond donors (Lipinski definition) is 3. The van der Waals surface area contributed by atoms with E-state index in [1.807, 2.05) is 32.0 Å². The molecule has 2 aromatic carbocycles. The van der Waals surface area contributed by atoms with Crippen molar-refractivity contribution in [3.63, 3.8) is 0 Å². The van der Waals surface area contributed by atoms with E-state index in [0.717, 1.165) is 5.56 Å². The third kappa shape index (κ3) is 4.17. The SMILES string of the molecule is CC(C)C(NC(=O)c1ccccc1)c1ccc(C(=O)NO)cc1. The fraction of sp³-hybridized carbons (Fsp3) is 0.222. The van der Waals surface area contributed by atoms with E-state index < -0.39 is 5.91 Å². The summed E-state index contributed by atoms with van der Waals surface area (Å²) in [5.74, 6) is -0.521. The van der Waals surface area contributed by atoms with E-state index in [1.165, 1.54) is 0 Å². The minimum atomic E-state index is -0.564. The molecule has 0 fully saturated rings. The summed E-state index contributed by atoms with van der Waals surface area (Å²) in [6.07, 6.45) is 0. The van der Waals surface area contributed by atoms with Crippen molar-refractivity contribution in [2.45, 2.75) is 19.9 Å². The second-order valence-corrected chi connectivity index (χ2v) is 5.62. The zero-order valence-corrected chi connectivity index (χ0v) is 13.1. The molecular formula is C18H20N2O3. The van der Waals surface area contributed by atoms with Crippen LogP contribution < -0.4 is 10.8 Å². The lowest BCUT2D eigenvalue weighted by molar-refractivity contribution is 0.0706. The van der Waals surface area contributed by atoms with E-state index in [-0.39, 0.29) is 17.9 Å². The number of amides is 2. The largest absolute Gasteiger partial charge is 0.345 e. The van der Waals surface area contributed by atoms with Crippen LogP contribution in [0.25, 0.3) is 0 Å². The molecule has 0 radical (unpaired) electrons. The van der Waals surface area contributed by atoms with Crippen LogP contribution >= 0.6 is 0 Å². The fourth-order valence-corrected chi connectivity index (χ4v) is 2.36. The Morgan fingerprint density at radius 2 is 1.43 bits per heavy atom. The number of hydrogen-bond acceptors (Lipinski definition) is 3. The summed E-state index contributed by atoms with van der Waals surface area (Å²) >= 11 is 0. The standard InChI is InChI=1S/C18H20N2O3/c1-12(2)16(19-17(21)14-6-4-3-5-7-14)13-8-10-15(11-9-13)18(22)20-23/h3-12,16,23H,1-2H3,(H,19,21)(H,20,22). The van der Waals surface area contributed by atoms with E-state index in [4.69, 9.17) is 5.21 Å². The van der Waals surface area contributed by atoms with Crippen molar-refractivity contribution >= 4 is 11.8 Å². The van der Waals surface area contributed by atoms with Crippen LogP contribution in [-0.2, 0) is 0 Å². The highest BCUT2D eigenvalue weighted by Gasteiger charge is 2.19. The van der Waals surface area contributed by atoms with Crippen LogP contribution in [0.15, 0.2) is 54.6 Å². The number of hydroxylamine groups is 1. The van der Waals surface area contributed by atoms with Crippen molar-refractivity contribution < 1.29 is 14.8 Å². The van der Waals surface area contributed by atoms with Gasteiger partial charge in [0.1, 0.15) is 0 Å². The van der Waals surface area contributed by atoms with Gasteiger partial charge in [-0.3, -0.25) is 14.8 Å². The van der Waals surface area contributed by atoms with Gasteiger partial charge in [0.25, 0.3) is 11.8 Å². The first-order chi connectivity index (χ1) is 11.0. The molecule has 5 heteroatoms. The molecule has 0 spiro atoms. The first kappa shape index (κ1) is 16.7. The molecule has 2 rings (SSSR count). The van der Waals surface area contributed by atoms with Crippen LogP contribution in [0.3, 0.4) is 0 Å². The Bertz CT molecular complexity index is 666. The molecule has 0 saturated heterocycles. The highest BCUT2D eigenvalue weighted by Crippen LogP contribution is 2.22. The highest BCUT2D eigenvalue weighted by molar-refractivity contribution is 5.94. The monoisotopic (exact) mass is 312 g/mol. The lowest BCUT2D eigenvalue weighted by Crippen LogP contribution is -2.31. The average molecular weight is 312 g/mol. The van der Waals surface area contributed by atoms with Crippen molar-refractivity contribution in [1.29, 1.82) is 0 Å². The van der Waals surface area contributed by atoms with Gasteiger partial charge in [0.15, 0.2) is 0 Å². The Kier molecular flexibility index (Phi) is 5.49. The van der Waals surface area contributed by atoms with Gasteiger partial charge in [-0.05, 0) is 35.7 Å². The molecule has 2 amide bonds. The predicted molar refractivity (Wildman–Crippen MR) is 87.2 cm³/mol. The number of rotatable bonds is 5. The lowest BCUT2D eigenvalue weighted by atomic mass is 9.94. The van der Waals surface area contributed by atoms with E-state index >= 15 is 0 Å². The van der Waals surface area contributed by atoms with Crippen LogP contribution in [0.4, 0.5) is 0 Å². The Morgan fingerprint density at radius 1 is 0.870 bits per heavy atom. The molecule has 5 nitrogen and oxygen atoms in total. The third-order valence-electron chi connectivity index (χ3n) is 3.62. The molecule has 0 aromatic heterocycles. The van der Waals surface area contributed by atoms with Gasteiger partial charge in [-0.1, -0.05) is 44.2 Å². The van der Waals surface area contributed by atoms with Crippen molar-refractivity contribution in [2.75, 3.05) is 0 Å². The molecular weight excluding hydrogens is 292 g/mol. The van der Waals surface area contributed by atoms with Crippen LogP contribution in [-0.4, -0.2) is 17.0 Å². The maximum atomic E-state index is 12.3. The fourth-order valence-electron chi connectivity index (χ4n) is 2.36. The molecule has 23 heavy (non-hydrogen) atoms. The molecule has 2 aromatic rings. The molecule has 0 aliphatic rings. The molecule has 3 N–H and O–H groups in total. The minimum Gasteiger partial charge on any atom is -0.345 e. The molecule has 0 heterocycles. The molecule has 0 bridgehead atoms. The number of carbonyl (C=O) groups is 2. The molecule has 0 aliphatic heterocycles. The summed E-state index contributed by atoms with van der Waals surface area (Å²) in [6.45, 7) is 4.04. The second-order valence-electron chi connectivity index (χ2n) is 5.62. The Morgan fingerprint density at radius 3 is 1.96 bits per heavy atom. The summed E-state index contributed by atoms with van der Waals surface area (Å²) in [7, 11) is 0. The van der Waals surface area contributed by atoms with Crippen LogP contribution in [0.2, 0.25) is 0 Å². The van der Waals surface area contributed by atoms with E-state index in [2.05, 4.69) is 5.32 Å². The van der Waals surface area contributed by atoms with Gasteiger partial charge in [0.2, 0.25) is 0 Å². The summed E-state index contributed by atoms with van der Waals surface area (Å²) in [5.41, 5.74) is 3.46.